The number of nitrogens with two attached hydrogens (primary N) is 1. The second-order valence-corrected chi connectivity index (χ2v) is 5.76. The number of nitrogens with zero attached hydrogens (tertiary/aromatic N) is 2. The van der Waals surface area contributed by atoms with Gasteiger partial charge in [-0.3, -0.25) is 4.99 Å². The van der Waals surface area contributed by atoms with Crippen LogP contribution in [0.1, 0.15) is 32.1 Å². The fourth-order valence-electron chi connectivity index (χ4n) is 3.26. The van der Waals surface area contributed by atoms with Gasteiger partial charge in [0.05, 0.1) is 0 Å². The maximum atomic E-state index is 5.92. The van der Waals surface area contributed by atoms with Crippen molar-refractivity contribution in [3.63, 3.8) is 0 Å². The van der Waals surface area contributed by atoms with Gasteiger partial charge in [0.25, 0.3) is 0 Å². The summed E-state index contributed by atoms with van der Waals surface area (Å²) in [6.07, 6.45) is 8.71. The fourth-order valence-corrected chi connectivity index (χ4v) is 3.26. The van der Waals surface area contributed by atoms with E-state index in [9.17, 15) is 0 Å². The molecule has 1 heterocycles. The monoisotopic (exact) mass is 258 g/mol. The first kappa shape index (κ1) is 12.5. The summed E-state index contributed by atoms with van der Waals surface area (Å²) < 4.78 is 0. The van der Waals surface area contributed by atoms with Crippen molar-refractivity contribution < 1.29 is 0 Å². The largest absolute Gasteiger partial charge is 0.370 e. The summed E-state index contributed by atoms with van der Waals surface area (Å²) in [5, 5.41) is 3.04. The summed E-state index contributed by atoms with van der Waals surface area (Å²) in [6, 6.07) is 5.71. The van der Waals surface area contributed by atoms with Gasteiger partial charge in [-0.05, 0) is 55.6 Å². The number of pyridine rings is 1. The van der Waals surface area contributed by atoms with Crippen LogP contribution in [0.25, 0.3) is 0 Å². The van der Waals surface area contributed by atoms with Gasteiger partial charge in [-0.1, -0.05) is 12.5 Å². The summed E-state index contributed by atoms with van der Waals surface area (Å²) in [7, 11) is 0. The summed E-state index contributed by atoms with van der Waals surface area (Å²) in [5.41, 5.74) is 5.92. The smallest absolute Gasteiger partial charge is 0.194 e. The number of hydrogen-bond acceptors (Lipinski definition) is 2. The Morgan fingerprint density at radius 3 is 2.95 bits per heavy atom. The quantitative estimate of drug-likeness (QED) is 0.644. The van der Waals surface area contributed by atoms with Gasteiger partial charge in [0.15, 0.2) is 5.96 Å². The highest BCUT2D eigenvalue weighted by Crippen LogP contribution is 2.48. The third-order valence-corrected chi connectivity index (χ3v) is 4.36. The first-order chi connectivity index (χ1) is 9.33. The van der Waals surface area contributed by atoms with Crippen LogP contribution in [0, 0.1) is 17.8 Å². The maximum Gasteiger partial charge on any atom is 0.194 e. The number of nitrogens with one attached hydrogen (secondary N) is 1. The van der Waals surface area contributed by atoms with E-state index in [4.69, 9.17) is 5.73 Å². The standard InChI is InChI=1S/C15H22N4/c16-15(19-14-6-1-2-9-17-14)18-10-12-4-3-5-13(12)11-7-8-11/h1-2,6,9,11-13H,3-5,7-8,10H2,(H3,16,17,18,19). The predicted molar refractivity (Wildman–Crippen MR) is 77.9 cm³/mol. The Balaban J connectivity index is 1.53. The van der Waals surface area contributed by atoms with Gasteiger partial charge >= 0.3 is 0 Å². The Bertz CT molecular complexity index is 439. The van der Waals surface area contributed by atoms with Gasteiger partial charge in [0.2, 0.25) is 0 Å². The lowest BCUT2D eigenvalue weighted by molar-refractivity contribution is 0.354. The van der Waals surface area contributed by atoms with Crippen LogP contribution < -0.4 is 11.1 Å². The number of rotatable bonds is 4. The zero-order valence-electron chi connectivity index (χ0n) is 11.3. The van der Waals surface area contributed by atoms with Crippen molar-refractivity contribution in [2.24, 2.45) is 28.5 Å². The van der Waals surface area contributed by atoms with Crippen LogP contribution in [0.5, 0.6) is 0 Å². The van der Waals surface area contributed by atoms with Crippen LogP contribution in [0.3, 0.4) is 0 Å². The number of anilines is 1. The first-order valence-corrected chi connectivity index (χ1v) is 7.31. The molecule has 0 radical (unpaired) electrons. The zero-order chi connectivity index (χ0) is 13.1. The second-order valence-electron chi connectivity index (χ2n) is 5.76. The average molecular weight is 258 g/mol. The van der Waals surface area contributed by atoms with Crippen molar-refractivity contribution in [1.29, 1.82) is 0 Å². The van der Waals surface area contributed by atoms with Crippen LogP contribution in [0.15, 0.2) is 29.4 Å². The van der Waals surface area contributed by atoms with E-state index in [1.807, 2.05) is 18.2 Å². The average Bonchev–Trinajstić information content (AvgIpc) is 3.16. The molecule has 0 saturated heterocycles. The highest BCUT2D eigenvalue weighted by Gasteiger charge is 2.38. The molecule has 0 aliphatic heterocycles. The number of guanidine groups is 1. The maximum absolute atomic E-state index is 5.92. The molecule has 1 aromatic rings. The Labute approximate surface area is 114 Å². The van der Waals surface area contributed by atoms with E-state index in [-0.39, 0.29) is 0 Å². The van der Waals surface area contributed by atoms with E-state index >= 15 is 0 Å². The van der Waals surface area contributed by atoms with Gasteiger partial charge in [-0.2, -0.15) is 0 Å². The van der Waals surface area contributed by atoms with E-state index in [1.54, 1.807) is 6.20 Å². The van der Waals surface area contributed by atoms with Crippen LogP contribution in [0.2, 0.25) is 0 Å². The van der Waals surface area contributed by atoms with Crippen molar-refractivity contribution in [1.82, 2.24) is 4.98 Å². The molecule has 2 saturated carbocycles. The predicted octanol–water partition coefficient (Wildman–Crippen LogP) is 2.63. The minimum atomic E-state index is 0.486. The molecule has 3 N–H and O–H groups in total. The van der Waals surface area contributed by atoms with E-state index in [2.05, 4.69) is 15.3 Å². The van der Waals surface area contributed by atoms with Crippen LogP contribution in [-0.4, -0.2) is 17.5 Å². The van der Waals surface area contributed by atoms with Gasteiger partial charge in [-0.25, -0.2) is 4.98 Å². The molecule has 4 nitrogen and oxygen atoms in total. The van der Waals surface area contributed by atoms with Gasteiger partial charge in [0.1, 0.15) is 5.82 Å². The molecule has 0 bridgehead atoms. The Morgan fingerprint density at radius 1 is 1.32 bits per heavy atom. The molecule has 0 aromatic carbocycles. The van der Waals surface area contributed by atoms with Crippen LogP contribution in [0.4, 0.5) is 5.82 Å². The van der Waals surface area contributed by atoms with Crippen molar-refractivity contribution in [2.75, 3.05) is 11.9 Å². The molecule has 2 aliphatic carbocycles. The molecule has 4 heteroatoms. The summed E-state index contributed by atoms with van der Waals surface area (Å²) >= 11 is 0. The van der Waals surface area contributed by atoms with Gasteiger partial charge in [-0.15, -0.1) is 0 Å². The molecule has 102 valence electrons. The molecule has 2 atom stereocenters. The molecular weight excluding hydrogens is 236 g/mol. The normalized spacial score (nSPS) is 27.5. The number of aromatic nitrogens is 1. The fraction of sp³-hybridized carbons (Fsp3) is 0.600. The highest BCUT2D eigenvalue weighted by molar-refractivity contribution is 5.91. The van der Waals surface area contributed by atoms with Crippen molar-refractivity contribution in [2.45, 2.75) is 32.1 Å². The SMILES string of the molecule is NC(=NCC1CCCC1C1CC1)Nc1ccccn1. The van der Waals surface area contributed by atoms with Crippen molar-refractivity contribution >= 4 is 11.8 Å². The Kier molecular flexibility index (Phi) is 3.67. The van der Waals surface area contributed by atoms with E-state index in [0.717, 1.165) is 30.1 Å². The Hall–Kier alpha value is -1.58. The minimum absolute atomic E-state index is 0.486. The molecule has 2 fully saturated rings. The molecule has 3 rings (SSSR count). The third-order valence-electron chi connectivity index (χ3n) is 4.36. The van der Waals surface area contributed by atoms with Gasteiger partial charge in [0, 0.05) is 12.7 Å². The molecule has 0 spiro atoms. The van der Waals surface area contributed by atoms with Crippen LogP contribution in [-0.2, 0) is 0 Å². The van der Waals surface area contributed by atoms with E-state index < -0.39 is 0 Å². The molecule has 19 heavy (non-hydrogen) atoms. The second kappa shape index (κ2) is 5.59. The van der Waals surface area contributed by atoms with Crippen molar-refractivity contribution in [3.05, 3.63) is 24.4 Å². The number of aliphatic imine (C=N–C) groups is 1. The lowest BCUT2D eigenvalue weighted by Crippen LogP contribution is -2.25. The third kappa shape index (κ3) is 3.25. The first-order valence-electron chi connectivity index (χ1n) is 7.31. The summed E-state index contributed by atoms with van der Waals surface area (Å²) in [6.45, 7) is 0.868. The van der Waals surface area contributed by atoms with Gasteiger partial charge < -0.3 is 11.1 Å². The highest BCUT2D eigenvalue weighted by atomic mass is 15.1. The van der Waals surface area contributed by atoms with Crippen LogP contribution >= 0.6 is 0 Å². The number of hydrogen-bond donors (Lipinski definition) is 2. The van der Waals surface area contributed by atoms with E-state index in [1.165, 1.54) is 32.1 Å². The van der Waals surface area contributed by atoms with E-state index in [0.29, 0.717) is 5.96 Å². The minimum Gasteiger partial charge on any atom is -0.370 e. The molecular formula is C15H22N4. The molecule has 2 unspecified atom stereocenters. The zero-order valence-corrected chi connectivity index (χ0v) is 11.3. The summed E-state index contributed by atoms with van der Waals surface area (Å²) in [4.78, 5) is 8.68. The van der Waals surface area contributed by atoms with Crippen molar-refractivity contribution in [3.8, 4) is 0 Å². The topological polar surface area (TPSA) is 63.3 Å². The summed E-state index contributed by atoms with van der Waals surface area (Å²) in [5.74, 6) is 3.89. The Morgan fingerprint density at radius 2 is 2.21 bits per heavy atom. The molecule has 0 amide bonds. The lowest BCUT2D eigenvalue weighted by atomic mass is 9.91. The molecule has 1 aromatic heterocycles. The lowest BCUT2D eigenvalue weighted by Gasteiger charge is -2.17. The molecule has 2 aliphatic rings.